The topological polar surface area (TPSA) is 60.9 Å². The number of hydrogen-bond acceptors (Lipinski definition) is 4. The van der Waals surface area contributed by atoms with Crippen LogP contribution in [0.15, 0.2) is 24.3 Å². The minimum Gasteiger partial charge on any atom is -0.342 e. The number of likely N-dealkylation sites (N-methyl/N-ethyl adjacent to an activating group) is 1. The van der Waals surface area contributed by atoms with E-state index in [1.807, 2.05) is 11.9 Å². The number of likely N-dealkylation sites (tertiary alicyclic amines) is 1. The number of rotatable bonds is 4. The summed E-state index contributed by atoms with van der Waals surface area (Å²) < 4.78 is 0. The number of benzene rings is 1. The lowest BCUT2D eigenvalue weighted by atomic mass is 9.89. The molecule has 3 aliphatic rings. The fourth-order valence-corrected chi connectivity index (χ4v) is 4.71. The summed E-state index contributed by atoms with van der Waals surface area (Å²) in [6, 6.07) is 7.38. The molecular weight excluding hydrogens is 342 g/mol. The van der Waals surface area contributed by atoms with Gasteiger partial charge in [0.1, 0.15) is 0 Å². The van der Waals surface area contributed by atoms with Crippen molar-refractivity contribution in [2.75, 3.05) is 26.7 Å². The molecule has 4 rings (SSSR count). The molecule has 3 amide bonds. The molecule has 0 N–H and O–H groups in total. The lowest BCUT2D eigenvalue weighted by Gasteiger charge is -2.37. The van der Waals surface area contributed by atoms with E-state index in [1.165, 1.54) is 4.90 Å². The third kappa shape index (κ3) is 3.38. The van der Waals surface area contributed by atoms with Crippen molar-refractivity contribution in [3.63, 3.8) is 0 Å². The lowest BCUT2D eigenvalue weighted by molar-refractivity contribution is -0.131. The van der Waals surface area contributed by atoms with Gasteiger partial charge in [0.05, 0.1) is 17.7 Å². The standard InChI is InChI=1S/C21H27N3O3/c1-22(14-19(25)23-12-4-5-13-23)15-8-10-16(11-9-15)24-20(26)17-6-2-3-7-18(17)21(24)27/h2-3,6-7,15-16H,4-5,8-14H2,1H3. The molecule has 0 unspecified atom stereocenters. The summed E-state index contributed by atoms with van der Waals surface area (Å²) in [6.07, 6.45) is 5.64. The predicted octanol–water partition coefficient (Wildman–Crippen LogP) is 2.15. The second-order valence-electron chi connectivity index (χ2n) is 7.99. The molecule has 6 heteroatoms. The fraction of sp³-hybridized carbons (Fsp3) is 0.571. The van der Waals surface area contributed by atoms with Gasteiger partial charge < -0.3 is 4.90 Å². The first-order valence-electron chi connectivity index (χ1n) is 10.0. The second kappa shape index (κ2) is 7.43. The SMILES string of the molecule is CN(CC(=O)N1CCCC1)C1CCC(N2C(=O)c3ccccc3C2=O)CC1. The van der Waals surface area contributed by atoms with E-state index in [0.717, 1.165) is 51.6 Å². The highest BCUT2D eigenvalue weighted by Gasteiger charge is 2.41. The van der Waals surface area contributed by atoms with Gasteiger partial charge in [-0.15, -0.1) is 0 Å². The first-order chi connectivity index (χ1) is 13.1. The number of imide groups is 1. The van der Waals surface area contributed by atoms with Crippen LogP contribution in [0.3, 0.4) is 0 Å². The first-order valence-corrected chi connectivity index (χ1v) is 10.0. The fourth-order valence-electron chi connectivity index (χ4n) is 4.71. The van der Waals surface area contributed by atoms with Crippen molar-refractivity contribution in [2.45, 2.75) is 50.6 Å². The maximum absolute atomic E-state index is 12.7. The van der Waals surface area contributed by atoms with Gasteiger partial charge in [-0.05, 0) is 57.7 Å². The van der Waals surface area contributed by atoms with Crippen LogP contribution >= 0.6 is 0 Å². The largest absolute Gasteiger partial charge is 0.342 e. The number of carbonyl (C=O) groups excluding carboxylic acids is 3. The molecule has 1 aromatic carbocycles. The summed E-state index contributed by atoms with van der Waals surface area (Å²) in [4.78, 5) is 43.3. The minimum atomic E-state index is -0.156. The molecule has 0 spiro atoms. The summed E-state index contributed by atoms with van der Waals surface area (Å²) in [6.45, 7) is 2.24. The molecule has 144 valence electrons. The Hall–Kier alpha value is -2.21. The highest BCUT2D eigenvalue weighted by Crippen LogP contribution is 2.32. The van der Waals surface area contributed by atoms with Gasteiger partial charge in [-0.25, -0.2) is 0 Å². The Morgan fingerprint density at radius 3 is 2.11 bits per heavy atom. The van der Waals surface area contributed by atoms with Gasteiger partial charge in [0, 0.05) is 25.2 Å². The van der Waals surface area contributed by atoms with E-state index < -0.39 is 0 Å². The van der Waals surface area contributed by atoms with Gasteiger partial charge in [-0.3, -0.25) is 24.2 Å². The van der Waals surface area contributed by atoms with E-state index >= 15 is 0 Å². The molecule has 2 heterocycles. The lowest BCUT2D eigenvalue weighted by Crippen LogP contribution is -2.47. The Balaban J connectivity index is 1.33. The zero-order valence-corrected chi connectivity index (χ0v) is 15.9. The molecule has 2 aliphatic heterocycles. The third-order valence-corrected chi connectivity index (χ3v) is 6.32. The van der Waals surface area contributed by atoms with Crippen molar-refractivity contribution in [1.82, 2.24) is 14.7 Å². The molecule has 0 atom stereocenters. The monoisotopic (exact) mass is 369 g/mol. The molecule has 1 saturated carbocycles. The van der Waals surface area contributed by atoms with E-state index in [2.05, 4.69) is 4.90 Å². The van der Waals surface area contributed by atoms with Gasteiger partial charge >= 0.3 is 0 Å². The Labute approximate surface area is 160 Å². The molecule has 0 radical (unpaired) electrons. The smallest absolute Gasteiger partial charge is 0.261 e. The van der Waals surface area contributed by atoms with Crippen LogP contribution in [-0.4, -0.2) is 71.2 Å². The Morgan fingerprint density at radius 1 is 1.00 bits per heavy atom. The molecule has 1 saturated heterocycles. The van der Waals surface area contributed by atoms with Gasteiger partial charge in [-0.1, -0.05) is 12.1 Å². The number of amides is 3. The number of carbonyl (C=O) groups is 3. The third-order valence-electron chi connectivity index (χ3n) is 6.32. The minimum absolute atomic E-state index is 0.0312. The Morgan fingerprint density at radius 2 is 1.56 bits per heavy atom. The normalized spacial score (nSPS) is 25.4. The van der Waals surface area contributed by atoms with Crippen LogP contribution in [0.4, 0.5) is 0 Å². The predicted molar refractivity (Wildman–Crippen MR) is 101 cm³/mol. The number of fused-ring (bicyclic) bond motifs is 1. The number of hydrogen-bond donors (Lipinski definition) is 0. The van der Waals surface area contributed by atoms with Crippen molar-refractivity contribution < 1.29 is 14.4 Å². The van der Waals surface area contributed by atoms with E-state index in [1.54, 1.807) is 24.3 Å². The average molecular weight is 369 g/mol. The maximum Gasteiger partial charge on any atom is 0.261 e. The molecule has 0 aromatic heterocycles. The van der Waals surface area contributed by atoms with Crippen LogP contribution in [0.2, 0.25) is 0 Å². The molecule has 27 heavy (non-hydrogen) atoms. The van der Waals surface area contributed by atoms with E-state index in [0.29, 0.717) is 23.7 Å². The molecule has 2 fully saturated rings. The maximum atomic E-state index is 12.7. The molecule has 0 bridgehead atoms. The second-order valence-corrected chi connectivity index (χ2v) is 7.99. The summed E-state index contributed by atoms with van der Waals surface area (Å²) in [5.74, 6) is -0.0919. The van der Waals surface area contributed by atoms with E-state index in [9.17, 15) is 14.4 Å². The zero-order valence-electron chi connectivity index (χ0n) is 15.9. The van der Waals surface area contributed by atoms with Crippen LogP contribution in [0.25, 0.3) is 0 Å². The van der Waals surface area contributed by atoms with Crippen molar-refractivity contribution in [2.24, 2.45) is 0 Å². The zero-order chi connectivity index (χ0) is 19.0. The van der Waals surface area contributed by atoms with Gasteiger partial charge in [-0.2, -0.15) is 0 Å². The Bertz CT molecular complexity index is 714. The highest BCUT2D eigenvalue weighted by atomic mass is 16.2. The van der Waals surface area contributed by atoms with Gasteiger partial charge in [0.25, 0.3) is 11.8 Å². The van der Waals surface area contributed by atoms with Crippen LogP contribution in [-0.2, 0) is 4.79 Å². The number of nitrogens with zero attached hydrogens (tertiary/aromatic N) is 3. The molecule has 6 nitrogen and oxygen atoms in total. The van der Waals surface area contributed by atoms with Gasteiger partial charge in [0.15, 0.2) is 0 Å². The summed E-state index contributed by atoms with van der Waals surface area (Å²) in [5.41, 5.74) is 1.05. The van der Waals surface area contributed by atoms with Crippen molar-refractivity contribution in [3.05, 3.63) is 35.4 Å². The molecule has 1 aliphatic carbocycles. The van der Waals surface area contributed by atoms with E-state index in [-0.39, 0.29) is 23.8 Å². The molecular formula is C21H27N3O3. The van der Waals surface area contributed by atoms with Crippen LogP contribution in [0.5, 0.6) is 0 Å². The average Bonchev–Trinajstić information content (AvgIpc) is 3.30. The summed E-state index contributed by atoms with van der Waals surface area (Å²) in [5, 5.41) is 0. The molecule has 1 aromatic rings. The van der Waals surface area contributed by atoms with Crippen LogP contribution in [0, 0.1) is 0 Å². The van der Waals surface area contributed by atoms with Crippen molar-refractivity contribution in [3.8, 4) is 0 Å². The van der Waals surface area contributed by atoms with Crippen LogP contribution in [0.1, 0.15) is 59.2 Å². The Kier molecular flexibility index (Phi) is 5.00. The van der Waals surface area contributed by atoms with Crippen molar-refractivity contribution in [1.29, 1.82) is 0 Å². The highest BCUT2D eigenvalue weighted by molar-refractivity contribution is 6.21. The quantitative estimate of drug-likeness (QED) is 0.763. The summed E-state index contributed by atoms with van der Waals surface area (Å²) >= 11 is 0. The van der Waals surface area contributed by atoms with E-state index in [4.69, 9.17) is 0 Å². The summed E-state index contributed by atoms with van der Waals surface area (Å²) in [7, 11) is 2.01. The van der Waals surface area contributed by atoms with Crippen LogP contribution < -0.4 is 0 Å². The van der Waals surface area contributed by atoms with Gasteiger partial charge in [0.2, 0.25) is 5.91 Å². The van der Waals surface area contributed by atoms with Crippen molar-refractivity contribution >= 4 is 17.7 Å². The first kappa shape index (κ1) is 18.2.